The van der Waals surface area contributed by atoms with Crippen LogP contribution < -0.4 is 10.1 Å². The van der Waals surface area contributed by atoms with Crippen molar-refractivity contribution in [1.82, 2.24) is 5.32 Å². The van der Waals surface area contributed by atoms with E-state index in [9.17, 15) is 4.79 Å². The van der Waals surface area contributed by atoms with Crippen molar-refractivity contribution in [2.24, 2.45) is 0 Å². The van der Waals surface area contributed by atoms with Crippen molar-refractivity contribution in [2.45, 2.75) is 26.3 Å². The molecule has 0 unspecified atom stereocenters. The molecule has 1 N–H and O–H groups in total. The van der Waals surface area contributed by atoms with Crippen molar-refractivity contribution in [1.29, 1.82) is 0 Å². The van der Waals surface area contributed by atoms with Crippen LogP contribution in [0.2, 0.25) is 5.02 Å². The van der Waals surface area contributed by atoms with Gasteiger partial charge >= 0.3 is 0 Å². The van der Waals surface area contributed by atoms with Gasteiger partial charge in [-0.3, -0.25) is 4.79 Å². The second kappa shape index (κ2) is 7.85. The zero-order valence-electron chi connectivity index (χ0n) is 12.8. The van der Waals surface area contributed by atoms with E-state index in [4.69, 9.17) is 16.3 Å². The third kappa shape index (κ3) is 5.08. The van der Waals surface area contributed by atoms with Gasteiger partial charge in [-0.05, 0) is 41.3 Å². The molecule has 1 amide bonds. The molecular formula is C18H20ClNO2. The lowest BCUT2D eigenvalue weighted by Crippen LogP contribution is -2.28. The van der Waals surface area contributed by atoms with Crippen molar-refractivity contribution >= 4 is 17.5 Å². The average Bonchev–Trinajstić information content (AvgIpc) is 2.51. The van der Waals surface area contributed by atoms with Gasteiger partial charge in [-0.15, -0.1) is 0 Å². The summed E-state index contributed by atoms with van der Waals surface area (Å²) in [6.07, 6.45) is 0. The van der Waals surface area contributed by atoms with Crippen molar-refractivity contribution in [3.05, 3.63) is 64.7 Å². The molecule has 2 aromatic rings. The fourth-order valence-electron chi connectivity index (χ4n) is 2.01. The summed E-state index contributed by atoms with van der Waals surface area (Å²) in [6.45, 7) is 4.69. The first-order valence-electron chi connectivity index (χ1n) is 7.28. The zero-order valence-corrected chi connectivity index (χ0v) is 13.6. The van der Waals surface area contributed by atoms with Crippen LogP contribution in [-0.4, -0.2) is 12.5 Å². The standard InChI is InChI=1S/C18H20ClNO2/c1-13(2)15-6-4-8-17(10-15)22-12-18(21)20-11-14-5-3-7-16(19)9-14/h3-10,13H,11-12H2,1-2H3,(H,20,21). The molecule has 0 aliphatic rings. The number of carbonyl (C=O) groups excluding carboxylic acids is 1. The molecule has 0 aliphatic heterocycles. The summed E-state index contributed by atoms with van der Waals surface area (Å²) in [5.74, 6) is 0.985. The van der Waals surface area contributed by atoms with E-state index < -0.39 is 0 Å². The Morgan fingerprint density at radius 3 is 2.68 bits per heavy atom. The summed E-state index contributed by atoms with van der Waals surface area (Å²) in [5.41, 5.74) is 2.15. The fraction of sp³-hybridized carbons (Fsp3) is 0.278. The molecule has 0 saturated heterocycles. The van der Waals surface area contributed by atoms with Gasteiger partial charge in [0.05, 0.1) is 0 Å². The van der Waals surface area contributed by atoms with Crippen molar-refractivity contribution in [3.63, 3.8) is 0 Å². The fourth-order valence-corrected chi connectivity index (χ4v) is 2.22. The highest BCUT2D eigenvalue weighted by atomic mass is 35.5. The summed E-state index contributed by atoms with van der Waals surface area (Å²) < 4.78 is 5.53. The van der Waals surface area contributed by atoms with E-state index in [1.807, 2.05) is 36.4 Å². The van der Waals surface area contributed by atoms with Crippen LogP contribution in [-0.2, 0) is 11.3 Å². The molecule has 0 heterocycles. The van der Waals surface area contributed by atoms with Crippen LogP contribution in [0.5, 0.6) is 5.75 Å². The first-order chi connectivity index (χ1) is 10.5. The highest BCUT2D eigenvalue weighted by molar-refractivity contribution is 6.30. The van der Waals surface area contributed by atoms with E-state index in [0.717, 1.165) is 5.56 Å². The number of benzene rings is 2. The molecule has 0 bridgehead atoms. The predicted octanol–water partition coefficient (Wildman–Crippen LogP) is 4.16. The highest BCUT2D eigenvalue weighted by Crippen LogP contribution is 2.20. The van der Waals surface area contributed by atoms with E-state index in [-0.39, 0.29) is 12.5 Å². The van der Waals surface area contributed by atoms with E-state index in [1.165, 1.54) is 5.56 Å². The number of hydrogen-bond donors (Lipinski definition) is 1. The summed E-state index contributed by atoms with van der Waals surface area (Å²) >= 11 is 5.90. The van der Waals surface area contributed by atoms with E-state index in [2.05, 4.69) is 25.2 Å². The normalized spacial score (nSPS) is 10.5. The second-order valence-electron chi connectivity index (χ2n) is 5.42. The van der Waals surface area contributed by atoms with Gasteiger partial charge in [0.2, 0.25) is 0 Å². The largest absolute Gasteiger partial charge is 0.484 e. The third-order valence-electron chi connectivity index (χ3n) is 3.27. The van der Waals surface area contributed by atoms with Crippen LogP contribution in [0.25, 0.3) is 0 Å². The van der Waals surface area contributed by atoms with Gasteiger partial charge in [0, 0.05) is 11.6 Å². The summed E-state index contributed by atoms with van der Waals surface area (Å²) in [6, 6.07) is 15.2. The van der Waals surface area contributed by atoms with Gasteiger partial charge < -0.3 is 10.1 Å². The lowest BCUT2D eigenvalue weighted by Gasteiger charge is -2.10. The Morgan fingerprint density at radius 2 is 1.95 bits per heavy atom. The Hall–Kier alpha value is -2.00. The smallest absolute Gasteiger partial charge is 0.258 e. The molecule has 116 valence electrons. The van der Waals surface area contributed by atoms with Crippen molar-refractivity contribution in [2.75, 3.05) is 6.61 Å². The Balaban J connectivity index is 1.81. The number of amides is 1. The highest BCUT2D eigenvalue weighted by Gasteiger charge is 2.05. The number of halogens is 1. The van der Waals surface area contributed by atoms with Crippen LogP contribution in [0.1, 0.15) is 30.9 Å². The molecule has 2 aromatic carbocycles. The number of ether oxygens (including phenoxy) is 1. The monoisotopic (exact) mass is 317 g/mol. The molecule has 0 saturated carbocycles. The van der Waals surface area contributed by atoms with E-state index in [1.54, 1.807) is 6.07 Å². The summed E-state index contributed by atoms with van der Waals surface area (Å²) in [7, 11) is 0. The minimum Gasteiger partial charge on any atom is -0.484 e. The number of rotatable bonds is 6. The van der Waals surface area contributed by atoms with Gasteiger partial charge in [0.15, 0.2) is 6.61 Å². The minimum atomic E-state index is -0.157. The Labute approximate surface area is 136 Å². The predicted molar refractivity (Wildman–Crippen MR) is 89.3 cm³/mol. The lowest BCUT2D eigenvalue weighted by molar-refractivity contribution is -0.123. The van der Waals surface area contributed by atoms with Crippen molar-refractivity contribution in [3.8, 4) is 5.75 Å². The molecule has 0 aliphatic carbocycles. The van der Waals surface area contributed by atoms with Crippen LogP contribution in [0.15, 0.2) is 48.5 Å². The van der Waals surface area contributed by atoms with Crippen LogP contribution in [0.3, 0.4) is 0 Å². The average molecular weight is 318 g/mol. The maximum atomic E-state index is 11.8. The molecule has 0 fully saturated rings. The van der Waals surface area contributed by atoms with Crippen LogP contribution in [0, 0.1) is 0 Å². The first-order valence-corrected chi connectivity index (χ1v) is 7.66. The Bertz CT molecular complexity index is 640. The maximum Gasteiger partial charge on any atom is 0.258 e. The van der Waals surface area contributed by atoms with Gasteiger partial charge in [-0.25, -0.2) is 0 Å². The summed E-state index contributed by atoms with van der Waals surface area (Å²) in [5, 5.41) is 3.47. The van der Waals surface area contributed by atoms with Crippen molar-refractivity contribution < 1.29 is 9.53 Å². The molecule has 2 rings (SSSR count). The van der Waals surface area contributed by atoms with Gasteiger partial charge in [0.1, 0.15) is 5.75 Å². The number of carbonyl (C=O) groups is 1. The Morgan fingerprint density at radius 1 is 1.18 bits per heavy atom. The van der Waals surface area contributed by atoms with Gasteiger partial charge in [0.25, 0.3) is 5.91 Å². The van der Waals surface area contributed by atoms with Crippen LogP contribution >= 0.6 is 11.6 Å². The quantitative estimate of drug-likeness (QED) is 0.868. The SMILES string of the molecule is CC(C)c1cccc(OCC(=O)NCc2cccc(Cl)c2)c1. The molecule has 0 atom stereocenters. The van der Waals surface area contributed by atoms with Crippen LogP contribution in [0.4, 0.5) is 0 Å². The minimum absolute atomic E-state index is 0.00210. The topological polar surface area (TPSA) is 38.3 Å². The van der Waals surface area contributed by atoms with E-state index in [0.29, 0.717) is 23.2 Å². The molecule has 3 nitrogen and oxygen atoms in total. The lowest BCUT2D eigenvalue weighted by atomic mass is 10.0. The molecular weight excluding hydrogens is 298 g/mol. The zero-order chi connectivity index (χ0) is 15.9. The molecule has 4 heteroatoms. The first kappa shape index (κ1) is 16.4. The molecule has 0 radical (unpaired) electrons. The summed E-state index contributed by atoms with van der Waals surface area (Å²) in [4.78, 5) is 11.8. The molecule has 0 aromatic heterocycles. The third-order valence-corrected chi connectivity index (χ3v) is 3.51. The molecule has 22 heavy (non-hydrogen) atoms. The maximum absolute atomic E-state index is 11.8. The Kier molecular flexibility index (Phi) is 5.84. The van der Waals surface area contributed by atoms with E-state index >= 15 is 0 Å². The molecule has 0 spiro atoms. The van der Waals surface area contributed by atoms with Gasteiger partial charge in [-0.2, -0.15) is 0 Å². The number of hydrogen-bond acceptors (Lipinski definition) is 2. The second-order valence-corrected chi connectivity index (χ2v) is 5.86. The number of nitrogens with one attached hydrogen (secondary N) is 1. The van der Waals surface area contributed by atoms with Gasteiger partial charge in [-0.1, -0.05) is 49.7 Å².